The first kappa shape index (κ1) is 41.3. The molecule has 0 saturated carbocycles. The summed E-state index contributed by atoms with van der Waals surface area (Å²) in [6.45, 7) is 0. The predicted molar refractivity (Wildman–Crippen MR) is 265 cm³/mol. The Labute approximate surface area is 378 Å². The monoisotopic (exact) mass is 788 g/mol. The van der Waals surface area contributed by atoms with Gasteiger partial charge in [-0.05, 0) is 113 Å². The normalized spacial score (nSPS) is 16.2. The third-order valence-electron chi connectivity index (χ3n) is 12.7. The van der Waals surface area contributed by atoms with Crippen molar-refractivity contribution in [1.82, 2.24) is 9.55 Å². The van der Waals surface area contributed by atoms with Crippen LogP contribution in [0.5, 0.6) is 0 Å². The Hall–Kier alpha value is -5.75. The summed E-state index contributed by atoms with van der Waals surface area (Å²) in [5.41, 5.74) is 6.34. The van der Waals surface area contributed by atoms with Gasteiger partial charge in [-0.1, -0.05) is 133 Å². The van der Waals surface area contributed by atoms with Crippen molar-refractivity contribution in [1.29, 1.82) is 0 Å². The zero-order chi connectivity index (χ0) is 44.3. The lowest BCUT2D eigenvalue weighted by atomic mass is 9.24. The van der Waals surface area contributed by atoms with Crippen molar-refractivity contribution in [3.63, 3.8) is 0 Å². The van der Waals surface area contributed by atoms with Gasteiger partial charge >= 0.3 is 0 Å². The van der Waals surface area contributed by atoms with Crippen molar-refractivity contribution in [2.75, 3.05) is 0 Å². The molecule has 2 unspecified atom stereocenters. The zero-order valence-electron chi connectivity index (χ0n) is 34.1. The maximum Gasteiger partial charge on any atom is 0.135 e. The molecule has 0 bridgehead atoms. The average Bonchev–Trinajstić information content (AvgIpc) is 3.80. The molecule has 0 fully saturated rings. The molecule has 1 heterocycles. The Bertz CT molecular complexity index is 3200. The van der Waals surface area contributed by atoms with Gasteiger partial charge in [0, 0.05) is 11.1 Å². The largest absolute Gasteiger partial charge is 0.408 e. The van der Waals surface area contributed by atoms with Crippen LogP contribution in [-0.2, 0) is 10.9 Å². The Balaban J connectivity index is 1.08. The third-order valence-corrected chi connectivity index (χ3v) is 12.7. The van der Waals surface area contributed by atoms with E-state index in [1.165, 1.54) is 0 Å². The van der Waals surface area contributed by atoms with E-state index >= 15 is 0 Å². The fourth-order valence-corrected chi connectivity index (χ4v) is 9.80. The van der Waals surface area contributed by atoms with Crippen LogP contribution in [0.25, 0.3) is 82.8 Å². The van der Waals surface area contributed by atoms with Crippen molar-refractivity contribution in [2.45, 2.75) is 26.5 Å². The van der Waals surface area contributed by atoms with Crippen molar-refractivity contribution in [3.05, 3.63) is 181 Å². The zero-order valence-corrected chi connectivity index (χ0v) is 34.1. The molecule has 13 heteroatoms. The second-order valence-corrected chi connectivity index (χ2v) is 16.7. The van der Waals surface area contributed by atoms with E-state index in [2.05, 4.69) is 59.6 Å². The van der Waals surface area contributed by atoms with Gasteiger partial charge in [0.05, 0.1) is 63.6 Å². The lowest BCUT2D eigenvalue weighted by molar-refractivity contribution is 0.118. The van der Waals surface area contributed by atoms with Crippen LogP contribution in [0.15, 0.2) is 164 Å². The average molecular weight is 787 g/mol. The molecule has 1 aliphatic carbocycles. The summed E-state index contributed by atoms with van der Waals surface area (Å²) in [5, 5.41) is 20.3. The fraction of sp³-hybridized carbons (Fsp3) is 0.100. The number of nitrogens with zero attached hydrogens (tertiary/aromatic N) is 2. The summed E-state index contributed by atoms with van der Waals surface area (Å²) < 4.78 is 1.71. The Morgan fingerprint density at radius 3 is 1.48 bits per heavy atom. The van der Waals surface area contributed by atoms with E-state index in [9.17, 15) is 10.2 Å². The number of aliphatic hydroxyl groups is 2. The second-order valence-electron chi connectivity index (χ2n) is 16.7. The van der Waals surface area contributed by atoms with Gasteiger partial charge in [-0.25, -0.2) is 4.98 Å². The third kappa shape index (κ3) is 6.14. The number of aromatic nitrogens is 2. The van der Waals surface area contributed by atoms with Gasteiger partial charge in [-0.15, -0.1) is 10.2 Å². The highest BCUT2D eigenvalue weighted by atomic mass is 16.3. The number of rotatable bonds is 8. The van der Waals surface area contributed by atoms with Crippen LogP contribution in [0.1, 0.15) is 17.0 Å². The Morgan fingerprint density at radius 2 is 0.921 bits per heavy atom. The van der Waals surface area contributed by atoms with Crippen molar-refractivity contribution in [2.24, 2.45) is 0 Å². The quantitative estimate of drug-likeness (QED) is 0.128. The van der Waals surface area contributed by atoms with Gasteiger partial charge in [0.25, 0.3) is 0 Å². The van der Waals surface area contributed by atoms with E-state index < -0.39 is 26.5 Å². The van der Waals surface area contributed by atoms with Crippen molar-refractivity contribution >= 4 is 103 Å². The lowest BCUT2D eigenvalue weighted by Crippen LogP contribution is -2.60. The molecule has 0 amide bonds. The number of fused-ring (bicyclic) bond motifs is 6. The van der Waals surface area contributed by atoms with Gasteiger partial charge in [-0.3, -0.25) is 4.57 Å². The van der Waals surface area contributed by atoms with E-state index in [-0.39, 0.29) is 5.82 Å². The first-order valence-electron chi connectivity index (χ1n) is 20.4. The molecule has 10 rings (SSSR count). The maximum atomic E-state index is 11.6. The van der Waals surface area contributed by atoms with E-state index in [1.54, 1.807) is 10.6 Å². The van der Waals surface area contributed by atoms with Gasteiger partial charge in [0.1, 0.15) is 29.4 Å². The van der Waals surface area contributed by atoms with Crippen molar-refractivity contribution in [3.8, 4) is 50.2 Å². The molecule has 1 aromatic heterocycles. The van der Waals surface area contributed by atoms with Crippen LogP contribution < -0.4 is 0 Å². The number of hydrogen-bond donors (Lipinski definition) is 2. The summed E-state index contributed by atoms with van der Waals surface area (Å²) in [6.07, 6.45) is 0. The molecule has 1 aliphatic rings. The smallest absolute Gasteiger partial charge is 0.135 e. The van der Waals surface area contributed by atoms with Crippen LogP contribution >= 0.6 is 0 Å². The first-order chi connectivity index (χ1) is 29.9. The highest BCUT2D eigenvalue weighted by Crippen LogP contribution is 2.61. The van der Waals surface area contributed by atoms with E-state index in [0.29, 0.717) is 27.8 Å². The minimum absolute atomic E-state index is 0.00986. The molecule has 2 N–H and O–H groups in total. The van der Waals surface area contributed by atoms with E-state index in [1.807, 2.05) is 103 Å². The molecule has 63 heavy (non-hydrogen) atoms. The van der Waals surface area contributed by atoms with Gasteiger partial charge < -0.3 is 10.2 Å². The Morgan fingerprint density at radius 1 is 0.460 bits per heavy atom. The standard InChI is InChI=1S/C50H29B9N2O2/c51-47(62,49(55,56)57)45-60-41-15-7-8-16-42(41)61(45)32-24-21-29(22-25-32)28-17-19-30(20-18-28)43-35-10-1-3-12-37(35)44(38-13-4-2-11-36(38)43)31-23-26-34-33-9-5-6-14-39(33)46(40(34)27-31,48(52,53)54)50(58,59)63/h1-27,62-63H. The summed E-state index contributed by atoms with van der Waals surface area (Å²) in [7, 11) is 56.6. The number of benzene rings is 8. The Kier molecular flexibility index (Phi) is 9.43. The van der Waals surface area contributed by atoms with Crippen LogP contribution in [0.3, 0.4) is 0 Å². The molecule has 0 aliphatic heterocycles. The van der Waals surface area contributed by atoms with Gasteiger partial charge in [0.2, 0.25) is 0 Å². The van der Waals surface area contributed by atoms with Crippen LogP contribution in [0.4, 0.5) is 0 Å². The molecule has 9 aromatic rings. The van der Waals surface area contributed by atoms with Gasteiger partial charge in [0.15, 0.2) is 0 Å². The summed E-state index contributed by atoms with van der Waals surface area (Å²) in [6, 6.07) is 53.7. The topological polar surface area (TPSA) is 58.3 Å². The minimum Gasteiger partial charge on any atom is -0.408 e. The second kappa shape index (κ2) is 14.4. The van der Waals surface area contributed by atoms with E-state index in [4.69, 9.17) is 70.6 Å². The van der Waals surface area contributed by atoms with Crippen molar-refractivity contribution < 1.29 is 10.2 Å². The van der Waals surface area contributed by atoms with Crippen LogP contribution in [0, 0.1) is 0 Å². The molecule has 18 radical (unpaired) electrons. The fourth-order valence-electron chi connectivity index (χ4n) is 9.80. The molecular weight excluding hydrogens is 758 g/mol. The van der Waals surface area contributed by atoms with Crippen LogP contribution in [0.2, 0.25) is 10.2 Å². The molecular formula is C50H29B9N2O2. The van der Waals surface area contributed by atoms with E-state index in [0.717, 1.165) is 66.1 Å². The summed E-state index contributed by atoms with van der Waals surface area (Å²) in [4.78, 5) is 4.57. The van der Waals surface area contributed by atoms with Gasteiger partial charge in [-0.2, -0.15) is 0 Å². The molecule has 2 atom stereocenters. The number of hydrogen-bond acceptors (Lipinski definition) is 3. The highest BCUT2D eigenvalue weighted by molar-refractivity contribution is 6.62. The lowest BCUT2D eigenvalue weighted by Gasteiger charge is -2.54. The summed E-state index contributed by atoms with van der Waals surface area (Å²) >= 11 is 0. The highest BCUT2D eigenvalue weighted by Gasteiger charge is 2.57. The number of imidazole rings is 1. The predicted octanol–water partition coefficient (Wildman–Crippen LogP) is 7.05. The SMILES string of the molecule is [B]C([B])([B])C([B])(O)c1nc2ccccc2n1-c1ccc(-c2ccc(-c3c4ccccc4c(-c4ccc5c(c4)C(C([B])([B])[B])(C([B])([B])O)c4ccccc4-5)c4ccccc34)cc2)cc1. The minimum atomic E-state index is -2.43. The maximum absolute atomic E-state index is 11.6. The first-order valence-corrected chi connectivity index (χ1v) is 20.4. The molecule has 0 spiro atoms. The molecule has 4 nitrogen and oxygen atoms in total. The number of para-hydroxylation sites is 2. The van der Waals surface area contributed by atoms with Crippen LogP contribution in [-0.4, -0.2) is 95.8 Å². The molecule has 8 aromatic carbocycles. The molecule has 0 saturated heterocycles. The summed E-state index contributed by atoms with van der Waals surface area (Å²) in [5.74, 6) is 0.00986. The molecule has 278 valence electrons.